The highest BCUT2D eigenvalue weighted by molar-refractivity contribution is 9.10. The summed E-state index contributed by atoms with van der Waals surface area (Å²) in [6, 6.07) is 15.1. The van der Waals surface area contributed by atoms with Crippen molar-refractivity contribution < 1.29 is 9.59 Å². The van der Waals surface area contributed by atoms with Crippen molar-refractivity contribution in [3.8, 4) is 0 Å². The van der Waals surface area contributed by atoms with Crippen molar-refractivity contribution in [1.82, 2.24) is 4.57 Å². The fourth-order valence-corrected chi connectivity index (χ4v) is 3.41. The molecule has 2 aromatic carbocycles. The van der Waals surface area contributed by atoms with Crippen molar-refractivity contribution in [2.75, 3.05) is 10.6 Å². The number of carbonyl (C=O) groups excluding carboxylic acids is 2. The maximum Gasteiger partial charge on any atom is 0.244 e. The molecule has 0 aliphatic carbocycles. The van der Waals surface area contributed by atoms with E-state index < -0.39 is 0 Å². The van der Waals surface area contributed by atoms with Crippen molar-refractivity contribution in [1.29, 1.82) is 0 Å². The molecule has 3 rings (SSSR count). The number of fused-ring (bicyclic) bond motifs is 1. The van der Waals surface area contributed by atoms with Crippen LogP contribution in [0.5, 0.6) is 0 Å². The molecular formula is C21H22BrN3O2. The van der Waals surface area contributed by atoms with Gasteiger partial charge >= 0.3 is 0 Å². The lowest BCUT2D eigenvalue weighted by molar-refractivity contribution is -0.119. The minimum Gasteiger partial charge on any atom is -0.334 e. The second-order valence-corrected chi connectivity index (χ2v) is 7.57. The molecule has 0 unspecified atom stereocenters. The Morgan fingerprint density at radius 1 is 1.00 bits per heavy atom. The number of anilines is 2. The molecule has 2 N–H and O–H groups in total. The Balaban J connectivity index is 1.70. The number of aromatic nitrogens is 1. The number of rotatable bonds is 5. The van der Waals surface area contributed by atoms with Gasteiger partial charge in [0.2, 0.25) is 11.8 Å². The number of carbonyl (C=O) groups is 2. The highest BCUT2D eigenvalue weighted by Gasteiger charge is 2.14. The van der Waals surface area contributed by atoms with Crippen LogP contribution in [0, 0.1) is 12.8 Å². The summed E-state index contributed by atoms with van der Waals surface area (Å²) >= 11 is 3.61. The Morgan fingerprint density at radius 3 is 2.22 bits per heavy atom. The molecule has 0 spiro atoms. The number of para-hydroxylation sites is 1. The van der Waals surface area contributed by atoms with Gasteiger partial charge in [-0.3, -0.25) is 9.59 Å². The maximum atomic E-state index is 12.5. The first-order chi connectivity index (χ1) is 12.9. The monoisotopic (exact) mass is 427 g/mol. The van der Waals surface area contributed by atoms with Crippen LogP contribution in [-0.4, -0.2) is 16.4 Å². The summed E-state index contributed by atoms with van der Waals surface area (Å²) in [7, 11) is 0. The average molecular weight is 428 g/mol. The Hall–Kier alpha value is -2.60. The highest BCUT2D eigenvalue weighted by atomic mass is 79.9. The lowest BCUT2D eigenvalue weighted by atomic mass is 10.2. The van der Waals surface area contributed by atoms with Crippen molar-refractivity contribution >= 4 is 50.0 Å². The zero-order valence-corrected chi connectivity index (χ0v) is 17.1. The van der Waals surface area contributed by atoms with Crippen LogP contribution in [0.25, 0.3) is 10.9 Å². The minimum atomic E-state index is -0.106. The molecule has 140 valence electrons. The van der Waals surface area contributed by atoms with E-state index in [9.17, 15) is 9.59 Å². The molecule has 0 saturated carbocycles. The normalized spacial score (nSPS) is 11.0. The van der Waals surface area contributed by atoms with Crippen LogP contribution in [0.3, 0.4) is 0 Å². The third kappa shape index (κ3) is 4.22. The minimum absolute atomic E-state index is 0.0349. The van der Waals surface area contributed by atoms with Crippen molar-refractivity contribution in [3.05, 3.63) is 58.7 Å². The van der Waals surface area contributed by atoms with E-state index in [2.05, 4.69) is 26.6 Å². The Morgan fingerprint density at radius 2 is 1.59 bits per heavy atom. The number of nitrogens with one attached hydrogen (secondary N) is 2. The maximum absolute atomic E-state index is 12.5. The molecule has 0 radical (unpaired) electrons. The van der Waals surface area contributed by atoms with E-state index in [1.165, 1.54) is 0 Å². The lowest BCUT2D eigenvalue weighted by Crippen LogP contribution is -2.19. The van der Waals surface area contributed by atoms with Gasteiger partial charge in [-0.25, -0.2) is 0 Å². The van der Waals surface area contributed by atoms with E-state index in [1.54, 1.807) is 24.3 Å². The van der Waals surface area contributed by atoms with E-state index in [0.29, 0.717) is 11.4 Å². The first kappa shape index (κ1) is 19.2. The second kappa shape index (κ2) is 7.96. The zero-order chi connectivity index (χ0) is 19.6. The summed E-state index contributed by atoms with van der Waals surface area (Å²) in [5, 5.41) is 6.83. The quantitative estimate of drug-likeness (QED) is 0.605. The van der Waals surface area contributed by atoms with Gasteiger partial charge in [-0.1, -0.05) is 32.0 Å². The van der Waals surface area contributed by atoms with Gasteiger partial charge in [0.05, 0.1) is 0 Å². The summed E-state index contributed by atoms with van der Waals surface area (Å²) in [5.74, 6) is -0.221. The van der Waals surface area contributed by atoms with E-state index in [-0.39, 0.29) is 24.3 Å². The third-order valence-corrected chi connectivity index (χ3v) is 5.42. The SMILES string of the molecule is Cc1c(Br)c2ccccc2n1CC(=O)Nc1ccc(NC(=O)C(C)C)cc1. The second-order valence-electron chi connectivity index (χ2n) is 6.77. The molecule has 6 heteroatoms. The summed E-state index contributed by atoms with van der Waals surface area (Å²) < 4.78 is 3.00. The van der Waals surface area contributed by atoms with Crippen molar-refractivity contribution in [3.63, 3.8) is 0 Å². The molecule has 0 aliphatic rings. The van der Waals surface area contributed by atoms with Gasteiger partial charge < -0.3 is 15.2 Å². The summed E-state index contributed by atoms with van der Waals surface area (Å²) in [5.41, 5.74) is 3.43. The van der Waals surface area contributed by atoms with Gasteiger partial charge in [-0.05, 0) is 53.2 Å². The molecule has 0 atom stereocenters. The van der Waals surface area contributed by atoms with E-state index in [1.807, 2.05) is 49.6 Å². The van der Waals surface area contributed by atoms with E-state index in [0.717, 1.165) is 21.1 Å². The first-order valence-electron chi connectivity index (χ1n) is 8.81. The molecule has 1 aromatic heterocycles. The molecule has 0 aliphatic heterocycles. The van der Waals surface area contributed by atoms with Gasteiger partial charge in [-0.2, -0.15) is 0 Å². The largest absolute Gasteiger partial charge is 0.334 e. The number of amides is 2. The van der Waals surface area contributed by atoms with E-state index in [4.69, 9.17) is 0 Å². The Labute approximate surface area is 166 Å². The van der Waals surface area contributed by atoms with Crippen LogP contribution in [0.15, 0.2) is 53.0 Å². The van der Waals surface area contributed by atoms with Gasteiger partial charge in [0, 0.05) is 38.4 Å². The van der Waals surface area contributed by atoms with Crippen LogP contribution in [-0.2, 0) is 16.1 Å². The molecule has 27 heavy (non-hydrogen) atoms. The molecule has 2 amide bonds. The lowest BCUT2D eigenvalue weighted by Gasteiger charge is -2.11. The zero-order valence-electron chi connectivity index (χ0n) is 15.5. The van der Waals surface area contributed by atoms with Gasteiger partial charge in [0.15, 0.2) is 0 Å². The molecule has 5 nitrogen and oxygen atoms in total. The van der Waals surface area contributed by atoms with Crippen LogP contribution in [0.1, 0.15) is 19.5 Å². The fraction of sp³-hybridized carbons (Fsp3) is 0.238. The molecule has 0 saturated heterocycles. The molecule has 1 heterocycles. The highest BCUT2D eigenvalue weighted by Crippen LogP contribution is 2.30. The number of halogens is 1. The summed E-state index contributed by atoms with van der Waals surface area (Å²) in [4.78, 5) is 24.3. The Kier molecular flexibility index (Phi) is 5.65. The van der Waals surface area contributed by atoms with E-state index >= 15 is 0 Å². The smallest absolute Gasteiger partial charge is 0.244 e. The topological polar surface area (TPSA) is 63.1 Å². The van der Waals surface area contributed by atoms with Gasteiger partial charge in [-0.15, -0.1) is 0 Å². The first-order valence-corrected chi connectivity index (χ1v) is 9.60. The standard InChI is InChI=1S/C21H22BrN3O2/c1-13(2)21(27)24-16-10-8-15(9-11-16)23-19(26)12-25-14(3)20(22)17-6-4-5-7-18(17)25/h4-11,13H,12H2,1-3H3,(H,23,26)(H,24,27). The number of hydrogen-bond acceptors (Lipinski definition) is 2. The predicted molar refractivity (Wildman–Crippen MR) is 113 cm³/mol. The van der Waals surface area contributed by atoms with Crippen molar-refractivity contribution in [2.45, 2.75) is 27.3 Å². The molecule has 3 aromatic rings. The van der Waals surface area contributed by atoms with Crippen LogP contribution < -0.4 is 10.6 Å². The van der Waals surface area contributed by atoms with Crippen LogP contribution in [0.2, 0.25) is 0 Å². The van der Waals surface area contributed by atoms with Crippen LogP contribution in [0.4, 0.5) is 11.4 Å². The fourth-order valence-electron chi connectivity index (χ4n) is 2.86. The molecule has 0 fully saturated rings. The summed E-state index contributed by atoms with van der Waals surface area (Å²) in [6.45, 7) is 5.90. The van der Waals surface area contributed by atoms with Gasteiger partial charge in [0.25, 0.3) is 0 Å². The van der Waals surface area contributed by atoms with Crippen LogP contribution >= 0.6 is 15.9 Å². The Bertz CT molecular complexity index is 991. The molecular weight excluding hydrogens is 406 g/mol. The third-order valence-electron chi connectivity index (χ3n) is 4.42. The number of hydrogen-bond donors (Lipinski definition) is 2. The van der Waals surface area contributed by atoms with Gasteiger partial charge in [0.1, 0.15) is 6.54 Å². The predicted octanol–water partition coefficient (Wildman–Crippen LogP) is 4.95. The average Bonchev–Trinajstić information content (AvgIpc) is 2.88. The molecule has 0 bridgehead atoms. The number of nitrogens with zero attached hydrogens (tertiary/aromatic N) is 1. The number of benzene rings is 2. The van der Waals surface area contributed by atoms with Crippen molar-refractivity contribution in [2.24, 2.45) is 5.92 Å². The summed E-state index contributed by atoms with van der Waals surface area (Å²) in [6.07, 6.45) is 0.